The van der Waals surface area contributed by atoms with E-state index >= 15 is 0 Å². The van der Waals surface area contributed by atoms with Gasteiger partial charge >= 0.3 is 5.97 Å². The molecular weight excluding hydrogens is 368 g/mol. The number of benzene rings is 3. The number of rotatable bonds is 5. The van der Waals surface area contributed by atoms with Crippen molar-refractivity contribution in [2.45, 2.75) is 13.3 Å². The summed E-state index contributed by atoms with van der Waals surface area (Å²) in [6.45, 7) is 1.93. The first-order valence-corrected chi connectivity index (χ1v) is 8.56. The van der Waals surface area contributed by atoms with Crippen LogP contribution in [-0.4, -0.2) is 12.6 Å². The third-order valence-corrected chi connectivity index (χ3v) is 4.55. The van der Waals surface area contributed by atoms with E-state index in [1.807, 2.05) is 48.5 Å². The molecule has 0 amide bonds. The lowest BCUT2D eigenvalue weighted by molar-refractivity contribution is -0.136. The molecule has 3 rings (SSSR count). The van der Waals surface area contributed by atoms with Crippen LogP contribution in [0, 0.1) is 0 Å². The van der Waals surface area contributed by atoms with Gasteiger partial charge in [0.2, 0.25) is 0 Å². The van der Waals surface area contributed by atoms with E-state index < -0.39 is 5.97 Å². The molecular formula is C20H17BrO3. The molecule has 3 aromatic carbocycles. The maximum absolute atomic E-state index is 12.0. The highest BCUT2D eigenvalue weighted by Gasteiger charge is 2.10. The molecule has 0 N–H and O–H groups in total. The molecule has 0 heterocycles. The van der Waals surface area contributed by atoms with Gasteiger partial charge in [-0.2, -0.15) is 0 Å². The SMILES string of the molecule is CCc1ccc(OC(=O)COc2ccc3ccccc3c2Br)cc1. The number of esters is 1. The van der Waals surface area contributed by atoms with Crippen molar-refractivity contribution in [2.24, 2.45) is 0 Å². The summed E-state index contributed by atoms with van der Waals surface area (Å²) >= 11 is 3.54. The molecule has 0 atom stereocenters. The van der Waals surface area contributed by atoms with Gasteiger partial charge in [0.05, 0.1) is 4.47 Å². The van der Waals surface area contributed by atoms with Crippen molar-refractivity contribution in [3.63, 3.8) is 0 Å². The molecule has 0 unspecified atom stereocenters. The van der Waals surface area contributed by atoms with E-state index in [0.717, 1.165) is 21.7 Å². The number of fused-ring (bicyclic) bond motifs is 1. The summed E-state index contributed by atoms with van der Waals surface area (Å²) < 4.78 is 11.7. The minimum absolute atomic E-state index is 0.146. The third-order valence-electron chi connectivity index (χ3n) is 3.74. The Morgan fingerprint density at radius 3 is 2.50 bits per heavy atom. The van der Waals surface area contributed by atoms with Crippen LogP contribution in [0.3, 0.4) is 0 Å². The largest absolute Gasteiger partial charge is 0.481 e. The summed E-state index contributed by atoms with van der Waals surface area (Å²) in [6, 6.07) is 19.3. The quantitative estimate of drug-likeness (QED) is 0.450. The average molecular weight is 385 g/mol. The number of aryl methyl sites for hydroxylation is 1. The molecule has 0 aliphatic carbocycles. The van der Waals surface area contributed by atoms with E-state index in [4.69, 9.17) is 9.47 Å². The molecule has 3 nitrogen and oxygen atoms in total. The highest BCUT2D eigenvalue weighted by Crippen LogP contribution is 2.33. The fourth-order valence-corrected chi connectivity index (χ4v) is 3.02. The van der Waals surface area contributed by atoms with Gasteiger partial charge in [-0.05, 0) is 56.9 Å². The van der Waals surface area contributed by atoms with Crippen LogP contribution in [0.1, 0.15) is 12.5 Å². The van der Waals surface area contributed by atoms with E-state index in [1.165, 1.54) is 5.56 Å². The number of hydrogen-bond donors (Lipinski definition) is 0. The highest BCUT2D eigenvalue weighted by molar-refractivity contribution is 9.10. The molecule has 0 spiro atoms. The molecule has 0 saturated carbocycles. The molecule has 24 heavy (non-hydrogen) atoms. The molecule has 0 fully saturated rings. The number of carbonyl (C=O) groups is 1. The number of hydrogen-bond acceptors (Lipinski definition) is 3. The van der Waals surface area contributed by atoms with Crippen molar-refractivity contribution in [1.82, 2.24) is 0 Å². The van der Waals surface area contributed by atoms with Crippen molar-refractivity contribution in [3.8, 4) is 11.5 Å². The lowest BCUT2D eigenvalue weighted by Crippen LogP contribution is -2.17. The topological polar surface area (TPSA) is 35.5 Å². The maximum Gasteiger partial charge on any atom is 0.349 e. The van der Waals surface area contributed by atoms with Crippen LogP contribution in [0.15, 0.2) is 65.1 Å². The van der Waals surface area contributed by atoms with E-state index in [9.17, 15) is 4.79 Å². The van der Waals surface area contributed by atoms with Gasteiger partial charge in [-0.3, -0.25) is 0 Å². The van der Waals surface area contributed by atoms with Gasteiger partial charge in [-0.15, -0.1) is 0 Å². The van der Waals surface area contributed by atoms with Crippen LogP contribution in [0.2, 0.25) is 0 Å². The van der Waals surface area contributed by atoms with E-state index in [-0.39, 0.29) is 6.61 Å². The Labute approximate surface area is 149 Å². The first kappa shape index (κ1) is 16.5. The zero-order valence-corrected chi connectivity index (χ0v) is 14.9. The second-order valence-corrected chi connectivity index (χ2v) is 6.15. The Balaban J connectivity index is 1.64. The number of carbonyl (C=O) groups excluding carboxylic acids is 1. The van der Waals surface area contributed by atoms with Crippen LogP contribution in [0.5, 0.6) is 11.5 Å². The Morgan fingerprint density at radius 1 is 1.00 bits per heavy atom. The minimum Gasteiger partial charge on any atom is -0.481 e. The Morgan fingerprint density at radius 2 is 1.75 bits per heavy atom. The number of ether oxygens (including phenoxy) is 2. The molecule has 4 heteroatoms. The summed E-state index contributed by atoms with van der Waals surface area (Å²) in [6.07, 6.45) is 0.952. The van der Waals surface area contributed by atoms with Gasteiger partial charge in [-0.1, -0.05) is 49.4 Å². The first-order chi connectivity index (χ1) is 11.7. The average Bonchev–Trinajstić information content (AvgIpc) is 2.62. The lowest BCUT2D eigenvalue weighted by Gasteiger charge is -2.10. The van der Waals surface area contributed by atoms with Gasteiger partial charge in [0, 0.05) is 0 Å². The standard InChI is InChI=1S/C20H17BrO3/c1-2-14-7-10-16(11-8-14)24-19(22)13-23-18-12-9-15-5-3-4-6-17(15)20(18)21/h3-12H,2,13H2,1H3. The summed E-state index contributed by atoms with van der Waals surface area (Å²) in [5.41, 5.74) is 1.20. The molecule has 3 aromatic rings. The molecule has 0 aromatic heterocycles. The second-order valence-electron chi connectivity index (χ2n) is 5.36. The van der Waals surface area contributed by atoms with Crippen molar-refractivity contribution in [2.75, 3.05) is 6.61 Å². The van der Waals surface area contributed by atoms with Gasteiger partial charge < -0.3 is 9.47 Å². The van der Waals surface area contributed by atoms with Crippen LogP contribution in [0.4, 0.5) is 0 Å². The van der Waals surface area contributed by atoms with E-state index in [0.29, 0.717) is 11.5 Å². The number of halogens is 1. The molecule has 122 valence electrons. The summed E-state index contributed by atoms with van der Waals surface area (Å²) in [4.78, 5) is 12.0. The predicted molar refractivity (Wildman–Crippen MR) is 98.6 cm³/mol. The Hall–Kier alpha value is -2.33. The summed E-state index contributed by atoms with van der Waals surface area (Å²) in [5, 5.41) is 2.15. The zero-order chi connectivity index (χ0) is 16.9. The summed E-state index contributed by atoms with van der Waals surface area (Å²) in [7, 11) is 0. The fraction of sp³-hybridized carbons (Fsp3) is 0.150. The van der Waals surface area contributed by atoms with Crippen LogP contribution in [-0.2, 0) is 11.2 Å². The van der Waals surface area contributed by atoms with Crippen molar-refractivity contribution in [1.29, 1.82) is 0 Å². The minimum atomic E-state index is -0.431. The Bertz CT molecular complexity index is 856. The van der Waals surface area contributed by atoms with Crippen LogP contribution >= 0.6 is 15.9 Å². The maximum atomic E-state index is 12.0. The fourth-order valence-electron chi connectivity index (χ4n) is 2.42. The molecule has 0 saturated heterocycles. The van der Waals surface area contributed by atoms with Crippen molar-refractivity contribution < 1.29 is 14.3 Å². The highest BCUT2D eigenvalue weighted by atomic mass is 79.9. The van der Waals surface area contributed by atoms with Gasteiger partial charge in [-0.25, -0.2) is 4.79 Å². The van der Waals surface area contributed by atoms with Gasteiger partial charge in [0.15, 0.2) is 6.61 Å². The van der Waals surface area contributed by atoms with Crippen molar-refractivity contribution in [3.05, 3.63) is 70.7 Å². The first-order valence-electron chi connectivity index (χ1n) is 7.77. The van der Waals surface area contributed by atoms with Gasteiger partial charge in [0.1, 0.15) is 11.5 Å². The monoisotopic (exact) mass is 384 g/mol. The smallest absolute Gasteiger partial charge is 0.349 e. The Kier molecular flexibility index (Phi) is 5.16. The van der Waals surface area contributed by atoms with Crippen LogP contribution in [0.25, 0.3) is 10.8 Å². The normalized spacial score (nSPS) is 10.6. The summed E-state index contributed by atoms with van der Waals surface area (Å²) in [5.74, 6) is 0.713. The zero-order valence-electron chi connectivity index (χ0n) is 13.3. The lowest BCUT2D eigenvalue weighted by atomic mass is 10.1. The van der Waals surface area contributed by atoms with E-state index in [2.05, 4.69) is 22.9 Å². The van der Waals surface area contributed by atoms with Crippen molar-refractivity contribution >= 4 is 32.7 Å². The van der Waals surface area contributed by atoms with Gasteiger partial charge in [0.25, 0.3) is 0 Å². The molecule has 0 radical (unpaired) electrons. The van der Waals surface area contributed by atoms with E-state index in [1.54, 1.807) is 12.1 Å². The molecule has 0 bridgehead atoms. The molecule has 0 aliphatic heterocycles. The van der Waals surface area contributed by atoms with Crippen LogP contribution < -0.4 is 9.47 Å². The third kappa shape index (κ3) is 3.77. The predicted octanol–water partition coefficient (Wildman–Crippen LogP) is 5.15. The molecule has 0 aliphatic rings. The second kappa shape index (κ2) is 7.49.